The molecule has 0 aromatic carbocycles. The van der Waals surface area contributed by atoms with Crippen molar-refractivity contribution in [2.24, 2.45) is 0 Å². The number of aryl methyl sites for hydroxylation is 1. The largest absolute Gasteiger partial charge is 0.408 e. The predicted octanol–water partition coefficient (Wildman–Crippen LogP) is 2.69. The monoisotopic (exact) mass is 214 g/mol. The number of hydrogen-bond acceptors (Lipinski definition) is 1. The summed E-state index contributed by atoms with van der Waals surface area (Å²) >= 11 is 0. The van der Waals surface area contributed by atoms with Gasteiger partial charge in [0.25, 0.3) is 6.43 Å². The van der Waals surface area contributed by atoms with Crippen molar-refractivity contribution in [3.05, 3.63) is 17.5 Å². The van der Waals surface area contributed by atoms with E-state index in [2.05, 4.69) is 5.10 Å². The van der Waals surface area contributed by atoms with E-state index in [1.54, 1.807) is 0 Å². The van der Waals surface area contributed by atoms with Crippen LogP contribution in [0.2, 0.25) is 0 Å². The normalized spacial score (nSPS) is 12.5. The number of rotatable bonds is 2. The molecule has 0 radical (unpaired) electrons. The van der Waals surface area contributed by atoms with E-state index in [0.717, 1.165) is 6.20 Å². The molecule has 1 rings (SSSR count). The molecule has 0 aliphatic rings. The molecule has 7 heteroatoms. The Morgan fingerprint density at radius 3 is 2.43 bits per heavy atom. The van der Waals surface area contributed by atoms with Gasteiger partial charge in [-0.2, -0.15) is 18.3 Å². The van der Waals surface area contributed by atoms with E-state index in [1.807, 2.05) is 0 Å². The Bertz CT molecular complexity index is 314. The van der Waals surface area contributed by atoms with Crippen LogP contribution in [-0.4, -0.2) is 16.0 Å². The topological polar surface area (TPSA) is 17.8 Å². The van der Waals surface area contributed by atoms with E-state index < -0.39 is 24.8 Å². The quantitative estimate of drug-likeness (QED) is 0.692. The van der Waals surface area contributed by atoms with Gasteiger partial charge in [-0.3, -0.25) is 4.68 Å². The first-order chi connectivity index (χ1) is 6.31. The Hall–Kier alpha value is -1.14. The summed E-state index contributed by atoms with van der Waals surface area (Å²) in [6.45, 7) is -0.193. The lowest BCUT2D eigenvalue weighted by Gasteiger charge is -2.10. The number of halogens is 5. The SMILES string of the molecule is Cc1cnn(CC(F)(F)F)c1C(F)F. The van der Waals surface area contributed by atoms with Crippen LogP contribution in [-0.2, 0) is 6.54 Å². The van der Waals surface area contributed by atoms with E-state index in [0.29, 0.717) is 0 Å². The van der Waals surface area contributed by atoms with Crippen molar-refractivity contribution in [3.8, 4) is 0 Å². The van der Waals surface area contributed by atoms with Crippen LogP contribution >= 0.6 is 0 Å². The molecule has 14 heavy (non-hydrogen) atoms. The highest BCUT2D eigenvalue weighted by Gasteiger charge is 2.31. The summed E-state index contributed by atoms with van der Waals surface area (Å²) in [6, 6.07) is 0. The molecule has 1 heterocycles. The predicted molar refractivity (Wildman–Crippen MR) is 38.0 cm³/mol. The van der Waals surface area contributed by atoms with Gasteiger partial charge >= 0.3 is 6.18 Å². The zero-order valence-electron chi connectivity index (χ0n) is 7.15. The third kappa shape index (κ3) is 2.43. The van der Waals surface area contributed by atoms with Gasteiger partial charge < -0.3 is 0 Å². The Morgan fingerprint density at radius 2 is 2.00 bits per heavy atom. The summed E-state index contributed by atoms with van der Waals surface area (Å²) in [4.78, 5) is 0. The van der Waals surface area contributed by atoms with Crippen LogP contribution in [0, 0.1) is 6.92 Å². The number of aromatic nitrogens is 2. The van der Waals surface area contributed by atoms with Gasteiger partial charge in [0.15, 0.2) is 0 Å². The van der Waals surface area contributed by atoms with Gasteiger partial charge in [0.1, 0.15) is 12.2 Å². The fourth-order valence-electron chi connectivity index (χ4n) is 1.07. The third-order valence-corrected chi connectivity index (χ3v) is 1.61. The number of hydrogen-bond donors (Lipinski definition) is 0. The fourth-order valence-corrected chi connectivity index (χ4v) is 1.07. The van der Waals surface area contributed by atoms with Crippen LogP contribution < -0.4 is 0 Å². The summed E-state index contributed by atoms with van der Waals surface area (Å²) in [5.74, 6) is 0. The molecule has 0 unspecified atom stereocenters. The average molecular weight is 214 g/mol. The van der Waals surface area contributed by atoms with Crippen LogP contribution in [0.4, 0.5) is 22.0 Å². The summed E-state index contributed by atoms with van der Waals surface area (Å²) in [5, 5.41) is 3.24. The zero-order chi connectivity index (χ0) is 10.9. The summed E-state index contributed by atoms with van der Waals surface area (Å²) in [7, 11) is 0. The fraction of sp³-hybridized carbons (Fsp3) is 0.571. The first kappa shape index (κ1) is 10.9. The van der Waals surface area contributed by atoms with Crippen molar-refractivity contribution in [3.63, 3.8) is 0 Å². The Morgan fingerprint density at radius 1 is 1.43 bits per heavy atom. The van der Waals surface area contributed by atoms with Crippen molar-refractivity contribution in [1.82, 2.24) is 9.78 Å². The molecule has 0 spiro atoms. The Kier molecular flexibility index (Phi) is 2.77. The van der Waals surface area contributed by atoms with Gasteiger partial charge in [0.2, 0.25) is 0 Å². The van der Waals surface area contributed by atoms with E-state index in [4.69, 9.17) is 0 Å². The molecule has 80 valence electrons. The second-order valence-electron chi connectivity index (χ2n) is 2.79. The van der Waals surface area contributed by atoms with E-state index in [9.17, 15) is 22.0 Å². The van der Waals surface area contributed by atoms with Crippen molar-refractivity contribution in [2.75, 3.05) is 0 Å². The minimum atomic E-state index is -4.54. The van der Waals surface area contributed by atoms with Crippen LogP contribution in [0.1, 0.15) is 17.7 Å². The van der Waals surface area contributed by atoms with E-state index in [1.165, 1.54) is 6.92 Å². The number of alkyl halides is 5. The maximum atomic E-state index is 12.3. The Labute approximate surface area is 76.3 Å². The van der Waals surface area contributed by atoms with Crippen molar-refractivity contribution in [1.29, 1.82) is 0 Å². The second kappa shape index (κ2) is 3.55. The molecule has 0 aliphatic carbocycles. The van der Waals surface area contributed by atoms with Crippen LogP contribution in [0.5, 0.6) is 0 Å². The summed E-state index contributed by atoms with van der Waals surface area (Å²) in [5.41, 5.74) is -0.619. The lowest BCUT2D eigenvalue weighted by molar-refractivity contribution is -0.143. The lowest BCUT2D eigenvalue weighted by atomic mass is 10.3. The standard InChI is InChI=1S/C7H7F5N2/c1-4-2-13-14(3-7(10,11)12)5(4)6(8)9/h2,6H,3H2,1H3. The van der Waals surface area contributed by atoms with Gasteiger partial charge in [0, 0.05) is 0 Å². The first-order valence-corrected chi connectivity index (χ1v) is 3.68. The molecule has 0 saturated heterocycles. The highest BCUT2D eigenvalue weighted by atomic mass is 19.4. The molecular formula is C7H7F5N2. The molecule has 0 aliphatic heterocycles. The van der Waals surface area contributed by atoms with Crippen LogP contribution in [0.25, 0.3) is 0 Å². The van der Waals surface area contributed by atoms with Gasteiger partial charge in [0.05, 0.1) is 6.20 Å². The summed E-state index contributed by atoms with van der Waals surface area (Å²) in [6.07, 6.45) is -6.49. The second-order valence-corrected chi connectivity index (χ2v) is 2.79. The smallest absolute Gasteiger partial charge is 0.254 e. The molecule has 0 atom stereocenters. The van der Waals surface area contributed by atoms with Crippen LogP contribution in [0.3, 0.4) is 0 Å². The van der Waals surface area contributed by atoms with Crippen molar-refractivity contribution < 1.29 is 22.0 Å². The minimum Gasteiger partial charge on any atom is -0.254 e. The lowest BCUT2D eigenvalue weighted by Crippen LogP contribution is -2.20. The molecule has 1 aromatic heterocycles. The van der Waals surface area contributed by atoms with E-state index >= 15 is 0 Å². The molecule has 0 fully saturated rings. The molecular weight excluding hydrogens is 207 g/mol. The average Bonchev–Trinajstić information content (AvgIpc) is 2.27. The van der Waals surface area contributed by atoms with Gasteiger partial charge in [-0.05, 0) is 12.5 Å². The first-order valence-electron chi connectivity index (χ1n) is 3.68. The molecule has 0 bridgehead atoms. The van der Waals surface area contributed by atoms with Gasteiger partial charge in [-0.25, -0.2) is 8.78 Å². The highest BCUT2D eigenvalue weighted by Crippen LogP contribution is 2.25. The molecule has 0 N–H and O–H groups in total. The maximum Gasteiger partial charge on any atom is 0.408 e. The Balaban J connectivity index is 2.98. The van der Waals surface area contributed by atoms with Gasteiger partial charge in [-0.1, -0.05) is 0 Å². The highest BCUT2D eigenvalue weighted by molar-refractivity contribution is 5.16. The summed E-state index contributed by atoms with van der Waals surface area (Å²) < 4.78 is 60.5. The molecule has 0 amide bonds. The van der Waals surface area contributed by atoms with Crippen molar-refractivity contribution >= 4 is 0 Å². The molecule has 0 saturated carbocycles. The molecule has 1 aromatic rings. The van der Waals surface area contributed by atoms with Crippen molar-refractivity contribution in [2.45, 2.75) is 26.1 Å². The van der Waals surface area contributed by atoms with E-state index in [-0.39, 0.29) is 10.2 Å². The number of nitrogens with zero attached hydrogens (tertiary/aromatic N) is 2. The third-order valence-electron chi connectivity index (χ3n) is 1.61. The maximum absolute atomic E-state index is 12.3. The zero-order valence-corrected chi connectivity index (χ0v) is 7.15. The van der Waals surface area contributed by atoms with Gasteiger partial charge in [-0.15, -0.1) is 0 Å². The molecule has 2 nitrogen and oxygen atoms in total. The van der Waals surface area contributed by atoms with Crippen LogP contribution in [0.15, 0.2) is 6.20 Å². The minimum absolute atomic E-state index is 0.0595.